The van der Waals surface area contributed by atoms with Gasteiger partial charge in [0.2, 0.25) is 0 Å². The van der Waals surface area contributed by atoms with Crippen LogP contribution in [-0.4, -0.2) is 49.3 Å². The van der Waals surface area contributed by atoms with Gasteiger partial charge in [-0.2, -0.15) is 0 Å². The third-order valence-corrected chi connectivity index (χ3v) is 12.6. The van der Waals surface area contributed by atoms with Crippen molar-refractivity contribution in [2.24, 2.45) is 5.73 Å². The second kappa shape index (κ2) is 52.8. The summed E-state index contributed by atoms with van der Waals surface area (Å²) in [5.41, 5.74) is 5.37. The Kier molecular flexibility index (Phi) is 50.8. The molecule has 0 radical (unpaired) electrons. The first kappa shape index (κ1) is 64.5. The lowest BCUT2D eigenvalue weighted by atomic mass is 10.0. The van der Waals surface area contributed by atoms with Gasteiger partial charge in [0, 0.05) is 19.4 Å². The summed E-state index contributed by atoms with van der Waals surface area (Å²) in [5, 5.41) is 0. The lowest BCUT2D eigenvalue weighted by molar-refractivity contribution is -0.161. The third-order valence-electron chi connectivity index (χ3n) is 11.6. The summed E-state index contributed by atoms with van der Waals surface area (Å²) in [6.07, 6.45) is 66.7. The number of carbonyl (C=O) groups is 2. The van der Waals surface area contributed by atoms with Crippen LogP contribution in [0.15, 0.2) is 72.9 Å². The minimum Gasteiger partial charge on any atom is -0.462 e. The van der Waals surface area contributed by atoms with E-state index in [-0.39, 0.29) is 32.6 Å². The number of ether oxygens (including phenoxy) is 2. The summed E-state index contributed by atoms with van der Waals surface area (Å²) in [6, 6.07) is 0. The molecule has 0 aliphatic heterocycles. The molecule has 3 N–H and O–H groups in total. The number of carbonyl (C=O) groups excluding carboxylic acids is 2. The van der Waals surface area contributed by atoms with E-state index in [1.54, 1.807) is 0 Å². The van der Waals surface area contributed by atoms with Crippen LogP contribution in [0.5, 0.6) is 0 Å². The van der Waals surface area contributed by atoms with E-state index in [4.69, 9.17) is 24.3 Å². The number of esters is 2. The highest BCUT2D eigenvalue weighted by Crippen LogP contribution is 2.43. The number of unbranched alkanes of at least 4 members (excludes halogenated alkanes) is 26. The van der Waals surface area contributed by atoms with Crippen molar-refractivity contribution in [3.05, 3.63) is 72.9 Å². The van der Waals surface area contributed by atoms with Gasteiger partial charge >= 0.3 is 19.8 Å². The summed E-state index contributed by atoms with van der Waals surface area (Å²) in [6.45, 7) is 3.61. The molecular weight excluding hydrogens is 858 g/mol. The SMILES string of the molecule is CC/C=C\C/C=C\C/C=C\CCCCCCCC(=O)OCC(COP(=O)(O)OCCN)OC(=O)CCCCCCCCCCCCCCCCCC/C=C\C/C=C\C/C=C\CCCCCCC. The number of hydrogen-bond donors (Lipinski definition) is 2. The van der Waals surface area contributed by atoms with Gasteiger partial charge in [0.1, 0.15) is 6.61 Å². The van der Waals surface area contributed by atoms with Gasteiger partial charge in [0.05, 0.1) is 13.2 Å². The first-order chi connectivity index (χ1) is 32.8. The van der Waals surface area contributed by atoms with Crippen molar-refractivity contribution < 1.29 is 37.6 Å². The van der Waals surface area contributed by atoms with Crippen molar-refractivity contribution in [2.45, 2.75) is 251 Å². The molecule has 0 saturated heterocycles. The van der Waals surface area contributed by atoms with E-state index in [1.165, 1.54) is 122 Å². The van der Waals surface area contributed by atoms with E-state index in [0.29, 0.717) is 12.8 Å². The Bertz CT molecular complexity index is 1320. The standard InChI is InChI=1S/C57H102NO8P/c1-3-5-7-9-11-13-15-17-19-20-21-22-23-24-25-26-27-28-29-30-31-32-33-34-36-38-40-42-44-46-48-50-57(60)66-55(54-65-67(61,62)64-52-51-58)53-63-56(59)49-47-45-43-41-39-37-35-18-16-14-12-10-8-6-4-2/h6,8,12,14-15,17-18,20-21,23-24,35,55H,3-5,7,9-11,13,16,19,22,25-34,36-54,58H2,1-2H3,(H,61,62)/b8-6-,14-12-,17-15-,21-20-,24-23-,35-18-. The first-order valence-electron chi connectivity index (χ1n) is 27.4. The average Bonchev–Trinajstić information content (AvgIpc) is 3.32. The number of allylic oxidation sites excluding steroid dienone is 12. The van der Waals surface area contributed by atoms with Crippen LogP contribution in [0.25, 0.3) is 0 Å². The van der Waals surface area contributed by atoms with E-state index in [2.05, 4.69) is 86.8 Å². The molecule has 0 aromatic rings. The fourth-order valence-corrected chi connectivity index (χ4v) is 8.31. The molecule has 9 nitrogen and oxygen atoms in total. The Morgan fingerprint density at radius 1 is 0.463 bits per heavy atom. The number of rotatable bonds is 51. The number of phosphoric ester groups is 1. The van der Waals surface area contributed by atoms with Crippen LogP contribution >= 0.6 is 7.82 Å². The van der Waals surface area contributed by atoms with Crippen LogP contribution in [0.4, 0.5) is 0 Å². The van der Waals surface area contributed by atoms with Crippen LogP contribution < -0.4 is 5.73 Å². The van der Waals surface area contributed by atoms with Crippen molar-refractivity contribution in [3.8, 4) is 0 Å². The van der Waals surface area contributed by atoms with Gasteiger partial charge < -0.3 is 20.1 Å². The predicted molar refractivity (Wildman–Crippen MR) is 284 cm³/mol. The third kappa shape index (κ3) is 52.7. The molecule has 0 aliphatic carbocycles. The molecule has 0 spiro atoms. The minimum atomic E-state index is -4.39. The van der Waals surface area contributed by atoms with Gasteiger partial charge in [-0.15, -0.1) is 0 Å². The van der Waals surface area contributed by atoms with Gasteiger partial charge in [0.15, 0.2) is 6.10 Å². The maximum Gasteiger partial charge on any atom is 0.472 e. The summed E-state index contributed by atoms with van der Waals surface area (Å²) < 4.78 is 32.9. The maximum absolute atomic E-state index is 12.7. The minimum absolute atomic E-state index is 0.0486. The van der Waals surface area contributed by atoms with Gasteiger partial charge in [-0.05, 0) is 83.5 Å². The second-order valence-corrected chi connectivity index (χ2v) is 19.5. The van der Waals surface area contributed by atoms with E-state index in [1.807, 2.05) is 0 Å². The molecule has 2 atom stereocenters. The molecular formula is C57H102NO8P. The smallest absolute Gasteiger partial charge is 0.462 e. The Balaban J connectivity index is 3.94. The van der Waals surface area contributed by atoms with Crippen molar-refractivity contribution in [1.82, 2.24) is 0 Å². The monoisotopic (exact) mass is 960 g/mol. The molecule has 0 aliphatic rings. The quantitative estimate of drug-likeness (QED) is 0.0264. The Morgan fingerprint density at radius 3 is 1.22 bits per heavy atom. The molecule has 0 heterocycles. The lowest BCUT2D eigenvalue weighted by Crippen LogP contribution is -2.29. The van der Waals surface area contributed by atoms with Gasteiger partial charge in [-0.25, -0.2) is 4.57 Å². The molecule has 0 amide bonds. The molecule has 10 heteroatoms. The van der Waals surface area contributed by atoms with Crippen molar-refractivity contribution in [1.29, 1.82) is 0 Å². The zero-order chi connectivity index (χ0) is 48.8. The number of phosphoric acid groups is 1. The van der Waals surface area contributed by atoms with Crippen LogP contribution in [-0.2, 0) is 32.7 Å². The van der Waals surface area contributed by atoms with Crippen LogP contribution in [0, 0.1) is 0 Å². The molecule has 0 saturated carbocycles. The van der Waals surface area contributed by atoms with Gasteiger partial charge in [0.25, 0.3) is 0 Å². The molecule has 67 heavy (non-hydrogen) atoms. The normalized spacial score (nSPS) is 13.7. The number of hydrogen-bond acceptors (Lipinski definition) is 8. The zero-order valence-corrected chi connectivity index (χ0v) is 44.0. The van der Waals surface area contributed by atoms with E-state index in [0.717, 1.165) is 83.5 Å². The Morgan fingerprint density at radius 2 is 0.821 bits per heavy atom. The Labute approximate surface area is 411 Å². The summed E-state index contributed by atoms with van der Waals surface area (Å²) >= 11 is 0. The highest BCUT2D eigenvalue weighted by atomic mass is 31.2. The number of nitrogens with two attached hydrogens (primary N) is 1. The van der Waals surface area contributed by atoms with Crippen LogP contribution in [0.2, 0.25) is 0 Å². The molecule has 0 fully saturated rings. The van der Waals surface area contributed by atoms with Crippen LogP contribution in [0.3, 0.4) is 0 Å². The van der Waals surface area contributed by atoms with E-state index < -0.39 is 32.5 Å². The van der Waals surface area contributed by atoms with Crippen LogP contribution in [0.1, 0.15) is 245 Å². The summed E-state index contributed by atoms with van der Waals surface area (Å²) in [5.74, 6) is -0.846. The second-order valence-electron chi connectivity index (χ2n) is 18.1. The highest BCUT2D eigenvalue weighted by molar-refractivity contribution is 7.47. The average molecular weight is 960 g/mol. The largest absolute Gasteiger partial charge is 0.472 e. The topological polar surface area (TPSA) is 134 Å². The fraction of sp³-hybridized carbons (Fsp3) is 0.754. The molecule has 0 aromatic carbocycles. The summed E-state index contributed by atoms with van der Waals surface area (Å²) in [4.78, 5) is 35.1. The molecule has 388 valence electrons. The fourth-order valence-electron chi connectivity index (χ4n) is 7.54. The first-order valence-corrected chi connectivity index (χ1v) is 28.9. The lowest BCUT2D eigenvalue weighted by Gasteiger charge is -2.19. The zero-order valence-electron chi connectivity index (χ0n) is 43.1. The molecule has 0 bridgehead atoms. The van der Waals surface area contributed by atoms with Crippen molar-refractivity contribution in [2.75, 3.05) is 26.4 Å². The van der Waals surface area contributed by atoms with Crippen molar-refractivity contribution in [3.63, 3.8) is 0 Å². The van der Waals surface area contributed by atoms with Gasteiger partial charge in [-0.3, -0.25) is 18.6 Å². The Hall–Kier alpha value is -2.55. The van der Waals surface area contributed by atoms with E-state index in [9.17, 15) is 19.0 Å². The molecule has 0 aromatic heterocycles. The summed E-state index contributed by atoms with van der Waals surface area (Å²) in [7, 11) is -4.39. The highest BCUT2D eigenvalue weighted by Gasteiger charge is 2.26. The van der Waals surface area contributed by atoms with E-state index >= 15 is 0 Å². The molecule has 2 unspecified atom stereocenters. The molecule has 0 rings (SSSR count). The van der Waals surface area contributed by atoms with Crippen molar-refractivity contribution >= 4 is 19.8 Å². The maximum atomic E-state index is 12.7. The van der Waals surface area contributed by atoms with Gasteiger partial charge in [-0.1, -0.05) is 222 Å². The predicted octanol–water partition coefficient (Wildman–Crippen LogP) is 17.0.